The van der Waals surface area contributed by atoms with Crippen LogP contribution < -0.4 is 4.90 Å². The summed E-state index contributed by atoms with van der Waals surface area (Å²) in [6.07, 6.45) is 0. The minimum absolute atomic E-state index is 0.157. The Morgan fingerprint density at radius 1 is 0.875 bits per heavy atom. The number of rotatable bonds is 7. The van der Waals surface area contributed by atoms with Crippen LogP contribution in [0.5, 0.6) is 5.75 Å². The summed E-state index contributed by atoms with van der Waals surface area (Å²) in [5.74, 6) is -0.385. The summed E-state index contributed by atoms with van der Waals surface area (Å²) in [5.41, 5.74) is 4.27. The van der Waals surface area contributed by atoms with Gasteiger partial charge in [-0.05, 0) is 73.0 Å². The highest BCUT2D eigenvalue weighted by Crippen LogP contribution is 2.35. The Bertz CT molecular complexity index is 1460. The van der Waals surface area contributed by atoms with Gasteiger partial charge in [-0.3, -0.25) is 14.6 Å². The third kappa shape index (κ3) is 6.09. The van der Waals surface area contributed by atoms with Gasteiger partial charge >= 0.3 is 0 Å². The quantitative estimate of drug-likeness (QED) is 0.293. The van der Waals surface area contributed by atoms with E-state index >= 15 is 0 Å². The molecule has 3 atom stereocenters. The molecule has 5 rings (SSSR count). The Kier molecular flexibility index (Phi) is 8.29. The number of anilines is 1. The maximum Gasteiger partial charge on any atom is 0.258 e. The molecule has 206 valence electrons. The van der Waals surface area contributed by atoms with Crippen LogP contribution in [0.2, 0.25) is 0 Å². The van der Waals surface area contributed by atoms with E-state index in [1.165, 1.54) is 22.6 Å². The maximum absolute atomic E-state index is 13.8. The first-order valence-electron chi connectivity index (χ1n) is 13.8. The number of hydrogen-bond donors (Lipinski definition) is 1. The molecular weight excluding hydrogens is 501 g/mol. The first-order valence-corrected chi connectivity index (χ1v) is 13.8. The molecule has 4 aromatic carbocycles. The molecule has 1 aliphatic heterocycles. The molecular formula is C34H36FN3O2. The fourth-order valence-electron chi connectivity index (χ4n) is 5.73. The molecule has 0 saturated carbocycles. The predicted octanol–water partition coefficient (Wildman–Crippen LogP) is 6.49. The van der Waals surface area contributed by atoms with E-state index in [1.54, 1.807) is 31.3 Å². The number of benzene rings is 4. The molecule has 0 spiro atoms. The third-order valence-corrected chi connectivity index (χ3v) is 7.86. The van der Waals surface area contributed by atoms with E-state index < -0.39 is 0 Å². The van der Waals surface area contributed by atoms with Gasteiger partial charge in [0.15, 0.2) is 0 Å². The van der Waals surface area contributed by atoms with E-state index in [2.05, 4.69) is 47.9 Å². The minimum Gasteiger partial charge on any atom is -0.508 e. The Balaban J connectivity index is 1.46. The van der Waals surface area contributed by atoms with Crippen LogP contribution in [0.15, 0.2) is 103 Å². The molecule has 0 unspecified atom stereocenters. The smallest absolute Gasteiger partial charge is 0.258 e. The number of aromatic hydroxyl groups is 1. The summed E-state index contributed by atoms with van der Waals surface area (Å²) >= 11 is 0. The highest BCUT2D eigenvalue weighted by atomic mass is 19.1. The minimum atomic E-state index is -0.385. The van der Waals surface area contributed by atoms with Crippen molar-refractivity contribution in [2.75, 3.05) is 25.0 Å². The average Bonchev–Trinajstić information content (AvgIpc) is 2.96. The highest BCUT2D eigenvalue weighted by molar-refractivity contribution is 6.05. The van der Waals surface area contributed by atoms with Crippen molar-refractivity contribution in [1.82, 2.24) is 9.80 Å². The molecule has 4 aromatic rings. The number of piperazine rings is 1. The number of amides is 1. The number of hydrogen-bond acceptors (Lipinski definition) is 4. The number of carbonyl (C=O) groups excluding carboxylic acids is 1. The largest absolute Gasteiger partial charge is 0.508 e. The number of phenols is 1. The number of carbonyl (C=O) groups is 1. The number of phenolic OH excluding ortho intramolecular Hbond substituents is 1. The standard InChI is InChI=1S/C34H36FN3O2/c1-24-22-38(25(2)21-37(24)23-26-10-5-4-6-11-26)33(28-13-8-17-32(39)19-28)27-12-7-14-29(18-27)34(40)36(3)31-16-9-15-30(35)20-31/h4-20,24-25,33,39H,21-23H2,1-3H3/t24-,25+,33+/m1/s1. The van der Waals surface area contributed by atoms with Crippen LogP contribution in [0.1, 0.15) is 46.9 Å². The van der Waals surface area contributed by atoms with Gasteiger partial charge in [0.2, 0.25) is 0 Å². The lowest BCUT2D eigenvalue weighted by atomic mass is 9.92. The van der Waals surface area contributed by atoms with Crippen LogP contribution in [-0.2, 0) is 6.54 Å². The maximum atomic E-state index is 13.8. The van der Waals surface area contributed by atoms with Crippen molar-refractivity contribution in [2.24, 2.45) is 0 Å². The second-order valence-corrected chi connectivity index (χ2v) is 10.8. The van der Waals surface area contributed by atoms with Gasteiger partial charge in [-0.15, -0.1) is 0 Å². The second kappa shape index (κ2) is 12.0. The summed E-state index contributed by atoms with van der Waals surface area (Å²) in [7, 11) is 1.66. The topological polar surface area (TPSA) is 47.0 Å². The van der Waals surface area contributed by atoms with Crippen molar-refractivity contribution < 1.29 is 14.3 Å². The molecule has 0 aromatic heterocycles. The van der Waals surface area contributed by atoms with Crippen LogP contribution in [0.25, 0.3) is 0 Å². The zero-order chi connectivity index (χ0) is 28.2. The van der Waals surface area contributed by atoms with Gasteiger partial charge in [0.1, 0.15) is 11.6 Å². The molecule has 5 nitrogen and oxygen atoms in total. The van der Waals surface area contributed by atoms with Gasteiger partial charge in [-0.1, -0.05) is 60.7 Å². The van der Waals surface area contributed by atoms with Crippen molar-refractivity contribution in [3.8, 4) is 5.75 Å². The van der Waals surface area contributed by atoms with Crippen molar-refractivity contribution in [1.29, 1.82) is 0 Å². The van der Waals surface area contributed by atoms with E-state index in [9.17, 15) is 14.3 Å². The summed E-state index contributed by atoms with van der Waals surface area (Å²) in [6.45, 7) is 7.12. The number of nitrogens with zero attached hydrogens (tertiary/aromatic N) is 3. The second-order valence-electron chi connectivity index (χ2n) is 10.8. The first kappa shape index (κ1) is 27.6. The van der Waals surface area contributed by atoms with Crippen LogP contribution in [-0.4, -0.2) is 53.0 Å². The SMILES string of the molecule is C[C@@H]1CN([C@H](c2cccc(O)c2)c2cccc(C(=O)N(C)c3cccc(F)c3)c2)[C@@H](C)CN1Cc1ccccc1. The third-order valence-electron chi connectivity index (χ3n) is 7.86. The predicted molar refractivity (Wildman–Crippen MR) is 158 cm³/mol. The van der Waals surface area contributed by atoms with Crippen LogP contribution in [0, 0.1) is 5.82 Å². The Hall–Kier alpha value is -4.00. The van der Waals surface area contributed by atoms with Crippen molar-refractivity contribution >= 4 is 11.6 Å². The number of halogens is 1. The molecule has 1 amide bonds. The molecule has 1 saturated heterocycles. The Morgan fingerprint density at radius 2 is 1.57 bits per heavy atom. The van der Waals surface area contributed by atoms with E-state index in [0.29, 0.717) is 17.3 Å². The summed E-state index contributed by atoms with van der Waals surface area (Å²) in [5, 5.41) is 10.4. The molecule has 1 aliphatic rings. The van der Waals surface area contributed by atoms with Crippen LogP contribution in [0.4, 0.5) is 10.1 Å². The molecule has 0 radical (unpaired) electrons. The summed E-state index contributed by atoms with van der Waals surface area (Å²) < 4.78 is 13.8. The van der Waals surface area contributed by atoms with E-state index in [-0.39, 0.29) is 29.6 Å². The lowest BCUT2D eigenvalue weighted by molar-refractivity contribution is 0.0195. The molecule has 0 bridgehead atoms. The van der Waals surface area contributed by atoms with Crippen molar-refractivity contribution in [3.63, 3.8) is 0 Å². The fourth-order valence-corrected chi connectivity index (χ4v) is 5.73. The molecule has 6 heteroatoms. The van der Waals surface area contributed by atoms with Crippen LogP contribution >= 0.6 is 0 Å². The Morgan fingerprint density at radius 3 is 2.30 bits per heavy atom. The normalized spacial score (nSPS) is 18.8. The fraction of sp³-hybridized carbons (Fsp3) is 0.265. The van der Waals surface area contributed by atoms with Gasteiger partial charge in [-0.2, -0.15) is 0 Å². The molecule has 1 N–H and O–H groups in total. The van der Waals surface area contributed by atoms with Gasteiger partial charge in [0, 0.05) is 50.0 Å². The lowest BCUT2D eigenvalue weighted by Gasteiger charge is -2.47. The molecule has 1 fully saturated rings. The van der Waals surface area contributed by atoms with Gasteiger partial charge in [0.25, 0.3) is 5.91 Å². The molecule has 1 heterocycles. The zero-order valence-corrected chi connectivity index (χ0v) is 23.2. The van der Waals surface area contributed by atoms with Crippen molar-refractivity contribution in [2.45, 2.75) is 38.5 Å². The first-order chi connectivity index (χ1) is 19.3. The highest BCUT2D eigenvalue weighted by Gasteiger charge is 2.35. The van der Waals surface area contributed by atoms with Gasteiger partial charge in [0.05, 0.1) is 6.04 Å². The summed E-state index contributed by atoms with van der Waals surface area (Å²) in [4.78, 5) is 19.9. The monoisotopic (exact) mass is 537 g/mol. The summed E-state index contributed by atoms with van der Waals surface area (Å²) in [6, 6.07) is 32.0. The van der Waals surface area contributed by atoms with E-state index in [1.807, 2.05) is 42.5 Å². The lowest BCUT2D eigenvalue weighted by Crippen LogP contribution is -2.56. The van der Waals surface area contributed by atoms with Crippen molar-refractivity contribution in [3.05, 3.63) is 131 Å². The van der Waals surface area contributed by atoms with Gasteiger partial charge < -0.3 is 10.0 Å². The molecule has 40 heavy (non-hydrogen) atoms. The molecule has 0 aliphatic carbocycles. The average molecular weight is 538 g/mol. The zero-order valence-electron chi connectivity index (χ0n) is 23.2. The van der Waals surface area contributed by atoms with Crippen LogP contribution in [0.3, 0.4) is 0 Å². The Labute approximate surface area is 236 Å². The van der Waals surface area contributed by atoms with Gasteiger partial charge in [-0.25, -0.2) is 4.39 Å². The van der Waals surface area contributed by atoms with E-state index in [0.717, 1.165) is 30.8 Å². The van der Waals surface area contributed by atoms with E-state index in [4.69, 9.17) is 0 Å².